The second-order valence-corrected chi connectivity index (χ2v) is 6.67. The summed E-state index contributed by atoms with van der Waals surface area (Å²) in [6, 6.07) is 14.2. The molecule has 142 valence electrons. The minimum absolute atomic E-state index is 0.0468. The second kappa shape index (κ2) is 9.21. The maximum Gasteiger partial charge on any atom is 0.255 e. The van der Waals surface area contributed by atoms with Crippen LogP contribution < -0.4 is 10.1 Å². The Bertz CT molecular complexity index is 778. The third-order valence-electron chi connectivity index (χ3n) is 4.72. The molecule has 3 rings (SSSR count). The average molecular weight is 366 g/mol. The molecule has 0 aliphatic carbocycles. The van der Waals surface area contributed by atoms with Crippen molar-refractivity contribution >= 4 is 17.5 Å². The Balaban J connectivity index is 1.68. The lowest BCUT2D eigenvalue weighted by Crippen LogP contribution is -2.31. The van der Waals surface area contributed by atoms with Gasteiger partial charge in [0.05, 0.1) is 12.3 Å². The predicted molar refractivity (Wildman–Crippen MR) is 106 cm³/mol. The third-order valence-corrected chi connectivity index (χ3v) is 4.72. The van der Waals surface area contributed by atoms with Gasteiger partial charge in [0.1, 0.15) is 5.75 Å². The molecule has 1 aliphatic heterocycles. The van der Waals surface area contributed by atoms with Crippen molar-refractivity contribution in [2.75, 3.05) is 25.0 Å². The highest BCUT2D eigenvalue weighted by molar-refractivity contribution is 6.05. The number of rotatable bonds is 5. The highest BCUT2D eigenvalue weighted by Gasteiger charge is 2.18. The van der Waals surface area contributed by atoms with Crippen LogP contribution in [0.1, 0.15) is 53.3 Å². The van der Waals surface area contributed by atoms with Crippen molar-refractivity contribution in [1.82, 2.24) is 4.90 Å². The first-order valence-electron chi connectivity index (χ1n) is 9.61. The Labute approximate surface area is 160 Å². The number of nitrogens with one attached hydrogen (secondary N) is 1. The van der Waals surface area contributed by atoms with Crippen molar-refractivity contribution in [2.24, 2.45) is 0 Å². The Kier molecular flexibility index (Phi) is 6.47. The van der Waals surface area contributed by atoms with Crippen LogP contribution >= 0.6 is 0 Å². The van der Waals surface area contributed by atoms with Gasteiger partial charge < -0.3 is 15.0 Å². The number of hydrogen-bond donors (Lipinski definition) is 1. The van der Waals surface area contributed by atoms with E-state index in [0.717, 1.165) is 25.9 Å². The molecule has 0 atom stereocenters. The zero-order valence-corrected chi connectivity index (χ0v) is 15.7. The molecular weight excluding hydrogens is 340 g/mol. The molecular formula is C22H26N2O3. The van der Waals surface area contributed by atoms with E-state index in [1.807, 2.05) is 30.0 Å². The van der Waals surface area contributed by atoms with Crippen LogP contribution in [0.5, 0.6) is 5.75 Å². The van der Waals surface area contributed by atoms with Gasteiger partial charge in [-0.3, -0.25) is 9.59 Å². The lowest BCUT2D eigenvalue weighted by Gasteiger charge is -2.20. The first kappa shape index (κ1) is 19.0. The fraction of sp³-hybridized carbons (Fsp3) is 0.364. The number of likely N-dealkylation sites (tertiary alicyclic amines) is 1. The van der Waals surface area contributed by atoms with E-state index in [9.17, 15) is 9.59 Å². The smallest absolute Gasteiger partial charge is 0.255 e. The van der Waals surface area contributed by atoms with E-state index in [-0.39, 0.29) is 11.8 Å². The molecule has 0 bridgehead atoms. The molecule has 0 spiro atoms. The van der Waals surface area contributed by atoms with Gasteiger partial charge in [-0.25, -0.2) is 0 Å². The molecule has 27 heavy (non-hydrogen) atoms. The highest BCUT2D eigenvalue weighted by Crippen LogP contribution is 2.24. The lowest BCUT2D eigenvalue weighted by atomic mass is 10.1. The van der Waals surface area contributed by atoms with Gasteiger partial charge in [0, 0.05) is 24.2 Å². The SMILES string of the molecule is CCOc1ccccc1NC(=O)c1ccc(C(=O)N2CCCCCC2)cc1. The van der Waals surface area contributed by atoms with Gasteiger partial charge in [-0.05, 0) is 56.2 Å². The van der Waals surface area contributed by atoms with Crippen LogP contribution in [0, 0.1) is 0 Å². The highest BCUT2D eigenvalue weighted by atomic mass is 16.5. The van der Waals surface area contributed by atoms with E-state index in [0.29, 0.717) is 29.2 Å². The van der Waals surface area contributed by atoms with Crippen molar-refractivity contribution in [3.05, 3.63) is 59.7 Å². The van der Waals surface area contributed by atoms with Crippen LogP contribution in [0.2, 0.25) is 0 Å². The topological polar surface area (TPSA) is 58.6 Å². The van der Waals surface area contributed by atoms with Crippen molar-refractivity contribution < 1.29 is 14.3 Å². The molecule has 5 nitrogen and oxygen atoms in total. The number of amides is 2. The van der Waals surface area contributed by atoms with Crippen LogP contribution in [0.25, 0.3) is 0 Å². The fourth-order valence-electron chi connectivity index (χ4n) is 3.27. The number of benzene rings is 2. The van der Waals surface area contributed by atoms with E-state index < -0.39 is 0 Å². The van der Waals surface area contributed by atoms with Gasteiger partial charge in [0.15, 0.2) is 0 Å². The molecule has 2 amide bonds. The zero-order valence-electron chi connectivity index (χ0n) is 15.7. The molecule has 0 saturated carbocycles. The van der Waals surface area contributed by atoms with Gasteiger partial charge in [-0.2, -0.15) is 0 Å². The molecule has 1 N–H and O–H groups in total. The van der Waals surface area contributed by atoms with Crippen molar-refractivity contribution in [3.8, 4) is 5.75 Å². The largest absolute Gasteiger partial charge is 0.492 e. The normalized spacial score (nSPS) is 14.3. The molecule has 1 aliphatic rings. The van der Waals surface area contributed by atoms with E-state index >= 15 is 0 Å². The predicted octanol–water partition coefficient (Wildman–Crippen LogP) is 4.35. The van der Waals surface area contributed by atoms with Gasteiger partial charge in [-0.15, -0.1) is 0 Å². The summed E-state index contributed by atoms with van der Waals surface area (Å²) >= 11 is 0. The van der Waals surface area contributed by atoms with Crippen molar-refractivity contribution in [1.29, 1.82) is 0 Å². The first-order chi connectivity index (χ1) is 13.2. The number of para-hydroxylation sites is 2. The van der Waals surface area contributed by atoms with Crippen LogP contribution in [0.3, 0.4) is 0 Å². The summed E-state index contributed by atoms with van der Waals surface area (Å²) in [5.41, 5.74) is 1.77. The Morgan fingerprint density at radius 2 is 1.56 bits per heavy atom. The Morgan fingerprint density at radius 3 is 2.22 bits per heavy atom. The van der Waals surface area contributed by atoms with Crippen LogP contribution in [-0.2, 0) is 0 Å². The molecule has 0 radical (unpaired) electrons. The molecule has 2 aromatic carbocycles. The quantitative estimate of drug-likeness (QED) is 0.856. The molecule has 1 saturated heterocycles. The Hall–Kier alpha value is -2.82. The van der Waals surface area contributed by atoms with E-state index in [4.69, 9.17) is 4.74 Å². The van der Waals surface area contributed by atoms with Gasteiger partial charge in [0.25, 0.3) is 11.8 Å². The maximum absolute atomic E-state index is 12.7. The molecule has 2 aromatic rings. The van der Waals surface area contributed by atoms with Crippen LogP contribution in [0.4, 0.5) is 5.69 Å². The number of nitrogens with zero attached hydrogens (tertiary/aromatic N) is 1. The van der Waals surface area contributed by atoms with Gasteiger partial charge >= 0.3 is 0 Å². The molecule has 1 heterocycles. The minimum Gasteiger partial charge on any atom is -0.492 e. The number of anilines is 1. The average Bonchev–Trinajstić information content (AvgIpc) is 2.99. The van der Waals surface area contributed by atoms with Gasteiger partial charge in [0.2, 0.25) is 0 Å². The molecule has 0 aromatic heterocycles. The summed E-state index contributed by atoms with van der Waals surface area (Å²) in [7, 11) is 0. The number of hydrogen-bond acceptors (Lipinski definition) is 3. The first-order valence-corrected chi connectivity index (χ1v) is 9.61. The summed E-state index contributed by atoms with van der Waals surface area (Å²) < 4.78 is 5.54. The summed E-state index contributed by atoms with van der Waals surface area (Å²) in [5, 5.41) is 2.87. The zero-order chi connectivity index (χ0) is 19.1. The monoisotopic (exact) mass is 366 g/mol. The lowest BCUT2D eigenvalue weighted by molar-refractivity contribution is 0.0761. The second-order valence-electron chi connectivity index (χ2n) is 6.67. The Morgan fingerprint density at radius 1 is 0.926 bits per heavy atom. The van der Waals surface area contributed by atoms with Crippen molar-refractivity contribution in [2.45, 2.75) is 32.6 Å². The summed E-state index contributed by atoms with van der Waals surface area (Å²) in [4.78, 5) is 27.1. The standard InChI is InChI=1S/C22H26N2O3/c1-2-27-20-10-6-5-9-19(20)23-21(25)17-11-13-18(14-12-17)22(26)24-15-7-3-4-8-16-24/h5-6,9-14H,2-4,7-8,15-16H2,1H3,(H,23,25). The van der Waals surface area contributed by atoms with E-state index in [1.54, 1.807) is 30.3 Å². The van der Waals surface area contributed by atoms with E-state index in [2.05, 4.69) is 5.32 Å². The molecule has 0 unspecified atom stereocenters. The van der Waals surface area contributed by atoms with E-state index in [1.165, 1.54) is 12.8 Å². The summed E-state index contributed by atoms with van der Waals surface area (Å²) in [5.74, 6) is 0.461. The minimum atomic E-state index is -0.226. The molecule has 1 fully saturated rings. The number of carbonyl (C=O) groups excluding carboxylic acids is 2. The summed E-state index contributed by atoms with van der Waals surface area (Å²) in [6.07, 6.45) is 4.50. The van der Waals surface area contributed by atoms with Crippen LogP contribution in [-0.4, -0.2) is 36.4 Å². The fourth-order valence-corrected chi connectivity index (χ4v) is 3.27. The third kappa shape index (κ3) is 4.88. The number of ether oxygens (including phenoxy) is 1. The number of carbonyl (C=O) groups is 2. The van der Waals surface area contributed by atoms with Crippen LogP contribution in [0.15, 0.2) is 48.5 Å². The van der Waals surface area contributed by atoms with Crippen molar-refractivity contribution in [3.63, 3.8) is 0 Å². The van der Waals surface area contributed by atoms with Gasteiger partial charge in [-0.1, -0.05) is 25.0 Å². The maximum atomic E-state index is 12.7. The molecule has 5 heteroatoms. The summed E-state index contributed by atoms with van der Waals surface area (Å²) in [6.45, 7) is 4.06.